The minimum absolute atomic E-state index is 0.0163. The van der Waals surface area contributed by atoms with Gasteiger partial charge in [-0.05, 0) is 79.5 Å². The standard InChI is InChI=1S/C24H28N4S/c1-16(2)15-28-23(22(26-24(28)29)20-8-5-6-12-25-20)21-9-7-13-27(21)19-11-10-17(3)18(4)14-19/h5-14,16,22-23H,15H2,1-4H3,(H,26,29)/t22-,23-/m1/s1. The summed E-state index contributed by atoms with van der Waals surface area (Å²) in [5, 5.41) is 4.34. The molecule has 2 aromatic heterocycles. The van der Waals surface area contributed by atoms with E-state index in [0.717, 1.165) is 17.4 Å². The van der Waals surface area contributed by atoms with Gasteiger partial charge >= 0.3 is 0 Å². The van der Waals surface area contributed by atoms with Gasteiger partial charge < -0.3 is 14.8 Å². The number of hydrogen-bond donors (Lipinski definition) is 1. The van der Waals surface area contributed by atoms with Crippen LogP contribution in [0.25, 0.3) is 5.69 Å². The Morgan fingerprint density at radius 3 is 2.59 bits per heavy atom. The molecule has 1 N–H and O–H groups in total. The normalized spacial score (nSPS) is 19.1. The van der Waals surface area contributed by atoms with E-state index < -0.39 is 0 Å². The summed E-state index contributed by atoms with van der Waals surface area (Å²) in [7, 11) is 0. The molecule has 3 heterocycles. The second-order valence-corrected chi connectivity index (χ2v) is 8.63. The van der Waals surface area contributed by atoms with Gasteiger partial charge in [0.25, 0.3) is 0 Å². The molecule has 0 unspecified atom stereocenters. The van der Waals surface area contributed by atoms with Gasteiger partial charge in [-0.1, -0.05) is 26.0 Å². The average molecular weight is 405 g/mol. The molecule has 1 fully saturated rings. The minimum Gasteiger partial charge on any atom is -0.352 e. The fourth-order valence-electron chi connectivity index (χ4n) is 4.06. The van der Waals surface area contributed by atoms with E-state index in [1.807, 2.05) is 18.3 Å². The highest BCUT2D eigenvalue weighted by molar-refractivity contribution is 7.80. The number of pyridine rings is 1. The Morgan fingerprint density at radius 2 is 1.90 bits per heavy atom. The smallest absolute Gasteiger partial charge is 0.170 e. The van der Waals surface area contributed by atoms with Crippen molar-refractivity contribution in [2.45, 2.75) is 39.8 Å². The van der Waals surface area contributed by atoms with Crippen LogP contribution in [0.4, 0.5) is 0 Å². The van der Waals surface area contributed by atoms with E-state index >= 15 is 0 Å². The van der Waals surface area contributed by atoms with Crippen LogP contribution >= 0.6 is 12.2 Å². The highest BCUT2D eigenvalue weighted by Gasteiger charge is 2.41. The Morgan fingerprint density at radius 1 is 1.07 bits per heavy atom. The van der Waals surface area contributed by atoms with E-state index in [1.54, 1.807) is 0 Å². The van der Waals surface area contributed by atoms with E-state index in [1.165, 1.54) is 22.5 Å². The maximum Gasteiger partial charge on any atom is 0.170 e. The van der Waals surface area contributed by atoms with Crippen LogP contribution in [0.1, 0.15) is 48.4 Å². The lowest BCUT2D eigenvalue weighted by Gasteiger charge is -2.30. The zero-order chi connectivity index (χ0) is 20.5. The summed E-state index contributed by atoms with van der Waals surface area (Å²) in [4.78, 5) is 6.96. The van der Waals surface area contributed by atoms with Crippen molar-refractivity contribution in [3.8, 4) is 5.69 Å². The Bertz CT molecular complexity index is 1010. The van der Waals surface area contributed by atoms with Crippen LogP contribution in [-0.4, -0.2) is 26.1 Å². The van der Waals surface area contributed by atoms with Crippen LogP contribution in [0.5, 0.6) is 0 Å². The van der Waals surface area contributed by atoms with Crippen LogP contribution in [0, 0.1) is 19.8 Å². The molecule has 5 heteroatoms. The Labute approximate surface area is 178 Å². The predicted molar refractivity (Wildman–Crippen MR) is 122 cm³/mol. The van der Waals surface area contributed by atoms with E-state index in [-0.39, 0.29) is 12.1 Å². The summed E-state index contributed by atoms with van der Waals surface area (Å²) >= 11 is 5.76. The number of aryl methyl sites for hydroxylation is 2. The van der Waals surface area contributed by atoms with Gasteiger partial charge in [0.15, 0.2) is 5.11 Å². The van der Waals surface area contributed by atoms with Crippen molar-refractivity contribution < 1.29 is 0 Å². The topological polar surface area (TPSA) is 33.1 Å². The van der Waals surface area contributed by atoms with E-state index in [2.05, 4.69) is 90.1 Å². The number of nitrogens with zero attached hydrogens (tertiary/aromatic N) is 3. The molecule has 0 amide bonds. The second-order valence-electron chi connectivity index (χ2n) is 8.24. The molecule has 1 saturated heterocycles. The fourth-order valence-corrected chi connectivity index (χ4v) is 4.38. The first kappa shape index (κ1) is 19.6. The van der Waals surface area contributed by atoms with E-state index in [4.69, 9.17) is 12.2 Å². The highest BCUT2D eigenvalue weighted by Crippen LogP contribution is 2.40. The number of thiocarbonyl (C=S) groups is 1. The lowest BCUT2D eigenvalue weighted by atomic mass is 10.00. The van der Waals surface area contributed by atoms with Crippen LogP contribution in [0.2, 0.25) is 0 Å². The Balaban J connectivity index is 1.82. The number of rotatable bonds is 5. The lowest BCUT2D eigenvalue weighted by Crippen LogP contribution is -2.33. The van der Waals surface area contributed by atoms with Gasteiger partial charge in [0.1, 0.15) is 0 Å². The van der Waals surface area contributed by atoms with Crippen molar-refractivity contribution in [1.82, 2.24) is 19.8 Å². The third kappa shape index (κ3) is 3.79. The van der Waals surface area contributed by atoms with Gasteiger partial charge in [-0.2, -0.15) is 0 Å². The number of aromatic nitrogens is 2. The van der Waals surface area contributed by atoms with E-state index in [0.29, 0.717) is 5.92 Å². The lowest BCUT2D eigenvalue weighted by molar-refractivity contribution is 0.280. The van der Waals surface area contributed by atoms with Gasteiger partial charge in [0, 0.05) is 30.3 Å². The molecule has 1 aliphatic heterocycles. The molecule has 0 radical (unpaired) electrons. The molecular weight excluding hydrogens is 376 g/mol. The molecule has 0 saturated carbocycles. The molecular formula is C24H28N4S. The summed E-state index contributed by atoms with van der Waals surface area (Å²) in [6.07, 6.45) is 3.99. The van der Waals surface area contributed by atoms with Crippen LogP contribution in [0.15, 0.2) is 60.9 Å². The van der Waals surface area contributed by atoms with Crippen molar-refractivity contribution in [3.05, 3.63) is 83.4 Å². The zero-order valence-corrected chi connectivity index (χ0v) is 18.3. The third-order valence-electron chi connectivity index (χ3n) is 5.61. The van der Waals surface area contributed by atoms with Crippen LogP contribution in [-0.2, 0) is 0 Å². The number of nitrogens with one attached hydrogen (secondary N) is 1. The summed E-state index contributed by atoms with van der Waals surface area (Å²) in [5.41, 5.74) is 6.01. The monoisotopic (exact) mass is 404 g/mol. The molecule has 29 heavy (non-hydrogen) atoms. The third-order valence-corrected chi connectivity index (χ3v) is 5.96. The van der Waals surface area contributed by atoms with Gasteiger partial charge in [-0.15, -0.1) is 0 Å². The maximum absolute atomic E-state index is 5.76. The summed E-state index contributed by atoms with van der Waals surface area (Å²) in [5.74, 6) is 0.504. The molecule has 1 aliphatic rings. The molecule has 1 aromatic carbocycles. The average Bonchev–Trinajstić information content (AvgIpc) is 3.29. The summed E-state index contributed by atoms with van der Waals surface area (Å²) in [6.45, 7) is 9.68. The first-order valence-corrected chi connectivity index (χ1v) is 10.6. The van der Waals surface area contributed by atoms with Gasteiger partial charge in [-0.25, -0.2) is 0 Å². The van der Waals surface area contributed by atoms with Crippen LogP contribution < -0.4 is 5.32 Å². The van der Waals surface area contributed by atoms with Crippen molar-refractivity contribution in [1.29, 1.82) is 0 Å². The fraction of sp³-hybridized carbons (Fsp3) is 0.333. The quantitative estimate of drug-likeness (QED) is 0.599. The van der Waals surface area contributed by atoms with E-state index in [9.17, 15) is 0 Å². The molecule has 0 bridgehead atoms. The van der Waals surface area contributed by atoms with Crippen LogP contribution in [0.3, 0.4) is 0 Å². The molecule has 3 aromatic rings. The molecule has 0 aliphatic carbocycles. The largest absolute Gasteiger partial charge is 0.352 e. The summed E-state index contributed by atoms with van der Waals surface area (Å²) < 4.78 is 2.29. The molecule has 2 atom stereocenters. The molecule has 150 valence electrons. The maximum atomic E-state index is 5.76. The second kappa shape index (κ2) is 7.99. The number of benzene rings is 1. The predicted octanol–water partition coefficient (Wildman–Crippen LogP) is 5.12. The minimum atomic E-state index is 0.0163. The van der Waals surface area contributed by atoms with Gasteiger partial charge in [0.2, 0.25) is 0 Å². The van der Waals surface area contributed by atoms with Gasteiger partial charge in [-0.3, -0.25) is 4.98 Å². The molecule has 0 spiro atoms. The SMILES string of the molecule is Cc1ccc(-n2cccc2[C@@H]2[C@@H](c3ccccn3)NC(=S)N2CC(C)C)cc1C. The summed E-state index contributed by atoms with van der Waals surface area (Å²) in [6, 6.07) is 17.1. The first-order valence-electron chi connectivity index (χ1n) is 10.2. The van der Waals surface area contributed by atoms with Gasteiger partial charge in [0.05, 0.1) is 17.8 Å². The van der Waals surface area contributed by atoms with Crippen molar-refractivity contribution in [2.75, 3.05) is 6.54 Å². The molecule has 4 nitrogen and oxygen atoms in total. The van der Waals surface area contributed by atoms with Crippen molar-refractivity contribution in [2.24, 2.45) is 5.92 Å². The highest BCUT2D eigenvalue weighted by atomic mass is 32.1. The van der Waals surface area contributed by atoms with Crippen molar-refractivity contribution >= 4 is 17.3 Å². The molecule has 4 rings (SSSR count). The Kier molecular flexibility index (Phi) is 5.41. The number of hydrogen-bond acceptors (Lipinski definition) is 2. The Hall–Kier alpha value is -2.66. The first-order chi connectivity index (χ1) is 14.0. The van der Waals surface area contributed by atoms with Crippen molar-refractivity contribution in [3.63, 3.8) is 0 Å². The zero-order valence-electron chi connectivity index (χ0n) is 17.5.